The van der Waals surface area contributed by atoms with Gasteiger partial charge in [-0.15, -0.1) is 0 Å². The molecule has 0 N–H and O–H groups in total. The highest BCUT2D eigenvalue weighted by atomic mass is 35.5. The van der Waals surface area contributed by atoms with Crippen LogP contribution in [0.2, 0.25) is 5.28 Å². The third-order valence-corrected chi connectivity index (χ3v) is 5.78. The summed E-state index contributed by atoms with van der Waals surface area (Å²) < 4.78 is 26.6. The van der Waals surface area contributed by atoms with Crippen LogP contribution in [0.3, 0.4) is 0 Å². The van der Waals surface area contributed by atoms with Gasteiger partial charge in [0, 0.05) is 13.1 Å². The second kappa shape index (κ2) is 6.83. The van der Waals surface area contributed by atoms with Gasteiger partial charge >= 0.3 is 0 Å². The van der Waals surface area contributed by atoms with E-state index in [9.17, 15) is 8.42 Å². The van der Waals surface area contributed by atoms with Gasteiger partial charge in [0.1, 0.15) is 4.90 Å². The van der Waals surface area contributed by atoms with Crippen LogP contribution in [0.25, 0.3) is 0 Å². The zero-order chi connectivity index (χ0) is 14.6. The molecule has 1 atom stereocenters. The van der Waals surface area contributed by atoms with Gasteiger partial charge in [-0.05, 0) is 36.8 Å². The minimum Gasteiger partial charge on any atom is -0.225 e. The van der Waals surface area contributed by atoms with Gasteiger partial charge in [0.15, 0.2) is 0 Å². The standard InChI is InChI=1S/C13H20ClN3O2S/c1-2-4-11-5-3-7-17(8-6-11)20(18,19)12-9-15-13(14)16-10-12/h9-11H,2-8H2,1H3. The van der Waals surface area contributed by atoms with E-state index < -0.39 is 10.0 Å². The van der Waals surface area contributed by atoms with Gasteiger partial charge in [-0.2, -0.15) is 4.31 Å². The molecule has 0 aromatic carbocycles. The van der Waals surface area contributed by atoms with Crippen LogP contribution >= 0.6 is 11.6 Å². The summed E-state index contributed by atoms with van der Waals surface area (Å²) in [6, 6.07) is 0. The van der Waals surface area contributed by atoms with Crippen LogP contribution in [0.1, 0.15) is 39.0 Å². The van der Waals surface area contributed by atoms with E-state index in [0.717, 1.165) is 25.7 Å². The fraction of sp³-hybridized carbons (Fsp3) is 0.692. The van der Waals surface area contributed by atoms with Crippen molar-refractivity contribution in [2.45, 2.75) is 43.9 Å². The Morgan fingerprint density at radius 3 is 2.65 bits per heavy atom. The summed E-state index contributed by atoms with van der Waals surface area (Å²) in [5.74, 6) is 0.640. The Bertz CT molecular complexity index is 533. The topological polar surface area (TPSA) is 63.2 Å². The van der Waals surface area contributed by atoms with Crippen LogP contribution in [-0.4, -0.2) is 35.8 Å². The van der Waals surface area contributed by atoms with Gasteiger partial charge in [0.05, 0.1) is 12.4 Å². The van der Waals surface area contributed by atoms with Crippen molar-refractivity contribution in [1.82, 2.24) is 14.3 Å². The first kappa shape index (κ1) is 15.7. The number of nitrogens with zero attached hydrogens (tertiary/aromatic N) is 3. The summed E-state index contributed by atoms with van der Waals surface area (Å²) in [6.07, 6.45) is 7.84. The zero-order valence-corrected chi connectivity index (χ0v) is 13.2. The summed E-state index contributed by atoms with van der Waals surface area (Å²) in [5, 5.41) is 0.0582. The minimum absolute atomic E-state index is 0.0582. The molecule has 0 aliphatic carbocycles. The van der Waals surface area contributed by atoms with E-state index in [4.69, 9.17) is 11.6 Å². The highest BCUT2D eigenvalue weighted by Gasteiger charge is 2.27. The van der Waals surface area contributed by atoms with Crippen LogP contribution < -0.4 is 0 Å². The van der Waals surface area contributed by atoms with E-state index in [1.165, 1.54) is 18.8 Å². The molecule has 0 amide bonds. The van der Waals surface area contributed by atoms with E-state index in [1.54, 1.807) is 4.31 Å². The molecular weight excluding hydrogens is 298 g/mol. The van der Waals surface area contributed by atoms with Crippen molar-refractivity contribution in [1.29, 1.82) is 0 Å². The summed E-state index contributed by atoms with van der Waals surface area (Å²) in [4.78, 5) is 7.63. The lowest BCUT2D eigenvalue weighted by Gasteiger charge is -2.19. The average molecular weight is 318 g/mol. The first-order valence-electron chi connectivity index (χ1n) is 7.01. The molecule has 1 aliphatic rings. The van der Waals surface area contributed by atoms with Crippen LogP contribution in [0.5, 0.6) is 0 Å². The maximum atomic E-state index is 12.5. The molecule has 2 heterocycles. The lowest BCUT2D eigenvalue weighted by molar-refractivity contribution is 0.399. The van der Waals surface area contributed by atoms with Crippen molar-refractivity contribution in [3.8, 4) is 0 Å². The fourth-order valence-electron chi connectivity index (χ4n) is 2.66. The second-order valence-corrected chi connectivity index (χ2v) is 7.45. The minimum atomic E-state index is -3.49. The molecule has 1 unspecified atom stereocenters. The number of hydrogen-bond acceptors (Lipinski definition) is 4. The van der Waals surface area contributed by atoms with Gasteiger partial charge in [-0.3, -0.25) is 0 Å². The molecule has 1 aromatic rings. The van der Waals surface area contributed by atoms with Gasteiger partial charge in [-0.25, -0.2) is 18.4 Å². The lowest BCUT2D eigenvalue weighted by atomic mass is 9.96. The zero-order valence-electron chi connectivity index (χ0n) is 11.6. The van der Waals surface area contributed by atoms with E-state index >= 15 is 0 Å². The molecule has 0 bridgehead atoms. The molecule has 1 saturated heterocycles. The molecule has 1 aliphatic heterocycles. The molecule has 5 nitrogen and oxygen atoms in total. The van der Waals surface area contributed by atoms with E-state index in [-0.39, 0.29) is 10.2 Å². The normalized spacial score (nSPS) is 21.6. The Morgan fingerprint density at radius 1 is 1.30 bits per heavy atom. The van der Waals surface area contributed by atoms with Crippen LogP contribution in [0.15, 0.2) is 17.3 Å². The fourth-order valence-corrected chi connectivity index (χ4v) is 4.14. The third kappa shape index (κ3) is 3.68. The lowest BCUT2D eigenvalue weighted by Crippen LogP contribution is -2.32. The maximum Gasteiger partial charge on any atom is 0.246 e. The first-order valence-corrected chi connectivity index (χ1v) is 8.83. The predicted octanol–water partition coefficient (Wildman–Crippen LogP) is 2.72. The van der Waals surface area contributed by atoms with Gasteiger partial charge in [-0.1, -0.05) is 19.8 Å². The van der Waals surface area contributed by atoms with Gasteiger partial charge < -0.3 is 0 Å². The smallest absolute Gasteiger partial charge is 0.225 e. The Hall–Kier alpha value is -0.720. The maximum absolute atomic E-state index is 12.5. The average Bonchev–Trinajstić information content (AvgIpc) is 2.66. The summed E-state index contributed by atoms with van der Waals surface area (Å²) in [7, 11) is -3.49. The summed E-state index contributed by atoms with van der Waals surface area (Å²) in [6.45, 7) is 3.32. The largest absolute Gasteiger partial charge is 0.246 e. The molecule has 2 rings (SSSR count). The second-order valence-electron chi connectivity index (χ2n) is 5.18. The molecule has 1 fully saturated rings. The van der Waals surface area contributed by atoms with E-state index in [1.807, 2.05) is 0 Å². The number of halogens is 1. The molecule has 1 aromatic heterocycles. The Morgan fingerprint density at radius 2 is 2.00 bits per heavy atom. The van der Waals surface area contributed by atoms with Crippen molar-refractivity contribution >= 4 is 21.6 Å². The van der Waals surface area contributed by atoms with Crippen molar-refractivity contribution in [3.05, 3.63) is 17.7 Å². The van der Waals surface area contributed by atoms with Crippen molar-refractivity contribution in [3.63, 3.8) is 0 Å². The molecule has 0 spiro atoms. The van der Waals surface area contributed by atoms with Crippen molar-refractivity contribution in [2.75, 3.05) is 13.1 Å². The van der Waals surface area contributed by atoms with Crippen molar-refractivity contribution < 1.29 is 8.42 Å². The van der Waals surface area contributed by atoms with Gasteiger partial charge in [0.2, 0.25) is 15.3 Å². The molecule has 7 heteroatoms. The van der Waals surface area contributed by atoms with Crippen molar-refractivity contribution in [2.24, 2.45) is 5.92 Å². The monoisotopic (exact) mass is 317 g/mol. The summed E-state index contributed by atoms with van der Waals surface area (Å²) >= 11 is 5.60. The summed E-state index contributed by atoms with van der Waals surface area (Å²) in [5.41, 5.74) is 0. The number of rotatable bonds is 4. The van der Waals surface area contributed by atoms with Crippen LogP contribution in [-0.2, 0) is 10.0 Å². The molecule has 0 saturated carbocycles. The quantitative estimate of drug-likeness (QED) is 0.801. The Labute approximate surface area is 125 Å². The van der Waals surface area contributed by atoms with E-state index in [0.29, 0.717) is 19.0 Å². The molecular formula is C13H20ClN3O2S. The Kier molecular flexibility index (Phi) is 5.35. The van der Waals surface area contributed by atoms with Gasteiger partial charge in [0.25, 0.3) is 0 Å². The van der Waals surface area contributed by atoms with Crippen LogP contribution in [0, 0.1) is 5.92 Å². The Balaban J connectivity index is 2.11. The third-order valence-electron chi connectivity index (χ3n) is 3.74. The van der Waals surface area contributed by atoms with Crippen LogP contribution in [0.4, 0.5) is 0 Å². The first-order chi connectivity index (χ1) is 9.54. The SMILES string of the molecule is CCCC1CCCN(S(=O)(=O)c2cnc(Cl)nc2)CC1. The number of aromatic nitrogens is 2. The van der Waals surface area contributed by atoms with E-state index in [2.05, 4.69) is 16.9 Å². The molecule has 0 radical (unpaired) electrons. The highest BCUT2D eigenvalue weighted by molar-refractivity contribution is 7.89. The number of sulfonamides is 1. The highest BCUT2D eigenvalue weighted by Crippen LogP contribution is 2.25. The molecule has 112 valence electrons. The number of hydrogen-bond donors (Lipinski definition) is 0. The predicted molar refractivity (Wildman–Crippen MR) is 78.0 cm³/mol. The molecule has 20 heavy (non-hydrogen) atoms.